The number of carbonyl (C=O) groups is 3. The Labute approximate surface area is 127 Å². The number of aliphatic carboxylic acids is 1. The molecule has 7 heteroatoms. The van der Waals surface area contributed by atoms with Crippen LogP contribution in [0.1, 0.15) is 31.4 Å². The van der Waals surface area contributed by atoms with E-state index in [4.69, 9.17) is 9.47 Å². The topological polar surface area (TPSA) is 93.1 Å². The van der Waals surface area contributed by atoms with Gasteiger partial charge in [0, 0.05) is 0 Å². The van der Waals surface area contributed by atoms with E-state index in [0.717, 1.165) is 11.3 Å². The first-order valence-corrected chi connectivity index (χ1v) is 7.00. The third kappa shape index (κ3) is 3.19. The lowest BCUT2D eigenvalue weighted by atomic mass is 10.0. The van der Waals surface area contributed by atoms with Crippen LogP contribution in [-0.2, 0) is 14.3 Å². The summed E-state index contributed by atoms with van der Waals surface area (Å²) in [6.07, 6.45) is -1.86. The number of cyclic esters (lactones) is 1. The minimum absolute atomic E-state index is 0.165. The second-order valence-corrected chi connectivity index (χ2v) is 4.84. The highest BCUT2D eigenvalue weighted by molar-refractivity contribution is 5.93. The Hall–Kier alpha value is -2.57. The van der Waals surface area contributed by atoms with Crippen LogP contribution in [-0.4, -0.2) is 40.9 Å². The van der Waals surface area contributed by atoms with Crippen molar-refractivity contribution in [2.45, 2.75) is 31.9 Å². The van der Waals surface area contributed by atoms with Gasteiger partial charge in [0.2, 0.25) is 6.10 Å². The average molecular weight is 307 g/mol. The first-order chi connectivity index (χ1) is 10.6. The van der Waals surface area contributed by atoms with Crippen LogP contribution >= 0.6 is 0 Å². The molecule has 1 aliphatic rings. The molecule has 7 nitrogen and oxygen atoms in total. The Morgan fingerprint density at radius 2 is 2.00 bits per heavy atom. The molecule has 22 heavy (non-hydrogen) atoms. The number of carboxylic acid groups (broad SMARTS) is 1. The molecule has 1 heterocycles. The van der Waals surface area contributed by atoms with Crippen molar-refractivity contribution in [1.82, 2.24) is 4.90 Å². The molecule has 2 atom stereocenters. The summed E-state index contributed by atoms with van der Waals surface area (Å²) in [5, 5.41) is 9.22. The van der Waals surface area contributed by atoms with Crippen molar-refractivity contribution in [1.29, 1.82) is 0 Å². The Bertz CT molecular complexity index is 558. The van der Waals surface area contributed by atoms with Gasteiger partial charge in [0.1, 0.15) is 6.04 Å². The molecule has 1 fully saturated rings. The fourth-order valence-electron chi connectivity index (χ4n) is 2.20. The third-order valence-corrected chi connectivity index (χ3v) is 3.29. The van der Waals surface area contributed by atoms with E-state index in [2.05, 4.69) is 0 Å². The summed E-state index contributed by atoms with van der Waals surface area (Å²) < 4.78 is 9.83. The SMILES string of the molecule is CCCCOC(=O)N1C(=O)OC(C(=O)O)C1c1ccccc1. The lowest BCUT2D eigenvalue weighted by Crippen LogP contribution is -2.37. The van der Waals surface area contributed by atoms with Crippen molar-refractivity contribution in [2.24, 2.45) is 0 Å². The zero-order chi connectivity index (χ0) is 16.1. The number of imide groups is 1. The van der Waals surface area contributed by atoms with Gasteiger partial charge in [-0.3, -0.25) is 0 Å². The molecule has 1 N–H and O–H groups in total. The second kappa shape index (κ2) is 6.93. The molecule has 0 saturated carbocycles. The number of carbonyl (C=O) groups excluding carboxylic acids is 2. The Morgan fingerprint density at radius 1 is 1.32 bits per heavy atom. The zero-order valence-corrected chi connectivity index (χ0v) is 12.1. The van der Waals surface area contributed by atoms with E-state index in [9.17, 15) is 19.5 Å². The van der Waals surface area contributed by atoms with Gasteiger partial charge in [-0.05, 0) is 12.0 Å². The summed E-state index contributed by atoms with van der Waals surface area (Å²) in [7, 11) is 0. The molecule has 1 aromatic carbocycles. The van der Waals surface area contributed by atoms with Gasteiger partial charge in [-0.15, -0.1) is 0 Å². The van der Waals surface area contributed by atoms with E-state index in [1.54, 1.807) is 30.3 Å². The van der Waals surface area contributed by atoms with Crippen LogP contribution in [0.2, 0.25) is 0 Å². The van der Waals surface area contributed by atoms with Gasteiger partial charge in [0.05, 0.1) is 6.61 Å². The molecule has 0 aromatic heterocycles. The van der Waals surface area contributed by atoms with Crippen LogP contribution in [0.5, 0.6) is 0 Å². The number of hydrogen-bond acceptors (Lipinski definition) is 5. The van der Waals surface area contributed by atoms with Crippen molar-refractivity contribution in [3.8, 4) is 0 Å². The molecule has 1 saturated heterocycles. The molecule has 0 spiro atoms. The summed E-state index contributed by atoms with van der Waals surface area (Å²) in [4.78, 5) is 36.0. The molecular weight excluding hydrogens is 290 g/mol. The maximum absolute atomic E-state index is 12.1. The molecule has 2 rings (SSSR count). The van der Waals surface area contributed by atoms with Gasteiger partial charge in [-0.1, -0.05) is 43.7 Å². The van der Waals surface area contributed by atoms with Crippen LogP contribution in [0.3, 0.4) is 0 Å². The van der Waals surface area contributed by atoms with E-state index in [-0.39, 0.29) is 6.61 Å². The average Bonchev–Trinajstić information content (AvgIpc) is 2.86. The summed E-state index contributed by atoms with van der Waals surface area (Å²) in [5.41, 5.74) is 0.494. The molecule has 0 radical (unpaired) electrons. The number of unbranched alkanes of at least 4 members (excludes halogenated alkanes) is 1. The minimum Gasteiger partial charge on any atom is -0.478 e. The van der Waals surface area contributed by atoms with Gasteiger partial charge in [-0.2, -0.15) is 0 Å². The van der Waals surface area contributed by atoms with E-state index < -0.39 is 30.3 Å². The maximum Gasteiger partial charge on any atom is 0.420 e. The number of ether oxygens (including phenoxy) is 2. The molecule has 1 aliphatic heterocycles. The summed E-state index contributed by atoms with van der Waals surface area (Å²) >= 11 is 0. The fraction of sp³-hybridized carbons (Fsp3) is 0.400. The summed E-state index contributed by atoms with van der Waals surface area (Å²) in [6, 6.07) is 7.36. The molecule has 2 unspecified atom stereocenters. The summed E-state index contributed by atoms with van der Waals surface area (Å²) in [5.74, 6) is -1.31. The van der Waals surface area contributed by atoms with E-state index >= 15 is 0 Å². The first kappa shape index (κ1) is 15.8. The van der Waals surface area contributed by atoms with Crippen molar-refractivity contribution in [2.75, 3.05) is 6.61 Å². The second-order valence-electron chi connectivity index (χ2n) is 4.84. The summed E-state index contributed by atoms with van der Waals surface area (Å²) in [6.45, 7) is 2.10. The standard InChI is InChI=1S/C15H17NO6/c1-2-3-9-21-14(19)16-11(10-7-5-4-6-8-10)12(13(17)18)22-15(16)20/h4-8,11-12H,2-3,9H2,1H3,(H,17,18). The van der Waals surface area contributed by atoms with Crippen molar-refractivity contribution >= 4 is 18.2 Å². The van der Waals surface area contributed by atoms with Crippen LogP contribution in [0, 0.1) is 0 Å². The van der Waals surface area contributed by atoms with Crippen LogP contribution in [0.25, 0.3) is 0 Å². The quantitative estimate of drug-likeness (QED) is 0.840. The first-order valence-electron chi connectivity index (χ1n) is 7.00. The smallest absolute Gasteiger partial charge is 0.420 e. The van der Waals surface area contributed by atoms with E-state index in [1.807, 2.05) is 6.92 Å². The number of benzene rings is 1. The Balaban J connectivity index is 2.27. The molecule has 0 bridgehead atoms. The van der Waals surface area contributed by atoms with E-state index in [1.165, 1.54) is 0 Å². The lowest BCUT2D eigenvalue weighted by Gasteiger charge is -2.21. The van der Waals surface area contributed by atoms with Crippen molar-refractivity contribution in [3.05, 3.63) is 35.9 Å². The number of amides is 2. The molecule has 1 aromatic rings. The van der Waals surface area contributed by atoms with Gasteiger partial charge >= 0.3 is 18.2 Å². The van der Waals surface area contributed by atoms with Crippen LogP contribution in [0.15, 0.2) is 30.3 Å². The van der Waals surface area contributed by atoms with Crippen molar-refractivity contribution in [3.63, 3.8) is 0 Å². The predicted octanol–water partition coefficient (Wildman–Crippen LogP) is 2.57. The van der Waals surface area contributed by atoms with E-state index in [0.29, 0.717) is 12.0 Å². The number of carboxylic acids is 1. The monoisotopic (exact) mass is 307 g/mol. The Kier molecular flexibility index (Phi) is 4.98. The molecule has 2 amide bonds. The predicted molar refractivity (Wildman–Crippen MR) is 75.2 cm³/mol. The minimum atomic E-state index is -1.45. The highest BCUT2D eigenvalue weighted by atomic mass is 16.6. The normalized spacial score (nSPS) is 20.6. The largest absolute Gasteiger partial charge is 0.478 e. The van der Waals surface area contributed by atoms with Crippen LogP contribution < -0.4 is 0 Å². The highest BCUT2D eigenvalue weighted by Gasteiger charge is 2.50. The molecule has 118 valence electrons. The van der Waals surface area contributed by atoms with Gasteiger partial charge in [0.25, 0.3) is 0 Å². The third-order valence-electron chi connectivity index (χ3n) is 3.29. The zero-order valence-electron chi connectivity index (χ0n) is 12.1. The fourth-order valence-corrected chi connectivity index (χ4v) is 2.20. The van der Waals surface area contributed by atoms with Gasteiger partial charge < -0.3 is 14.6 Å². The highest BCUT2D eigenvalue weighted by Crippen LogP contribution is 2.34. The number of rotatable bonds is 5. The Morgan fingerprint density at radius 3 is 2.59 bits per heavy atom. The molecular formula is C15H17NO6. The number of hydrogen-bond donors (Lipinski definition) is 1. The maximum atomic E-state index is 12.1. The molecule has 0 aliphatic carbocycles. The van der Waals surface area contributed by atoms with Gasteiger partial charge in [0.15, 0.2) is 0 Å². The van der Waals surface area contributed by atoms with Gasteiger partial charge in [-0.25, -0.2) is 19.3 Å². The lowest BCUT2D eigenvalue weighted by molar-refractivity contribution is -0.146. The van der Waals surface area contributed by atoms with Crippen LogP contribution in [0.4, 0.5) is 9.59 Å². The van der Waals surface area contributed by atoms with Crippen molar-refractivity contribution < 1.29 is 29.0 Å². The number of nitrogens with zero attached hydrogens (tertiary/aromatic N) is 1.